The molecule has 1 saturated carbocycles. The van der Waals surface area contributed by atoms with E-state index in [9.17, 15) is 9.90 Å². The lowest BCUT2D eigenvalue weighted by atomic mass is 9.98. The van der Waals surface area contributed by atoms with Crippen molar-refractivity contribution in [2.75, 3.05) is 6.54 Å². The minimum absolute atomic E-state index is 0.104. The van der Waals surface area contributed by atoms with Crippen molar-refractivity contribution in [3.05, 3.63) is 0 Å². The Morgan fingerprint density at radius 2 is 2.00 bits per heavy atom. The second kappa shape index (κ2) is 5.06. The third-order valence-electron chi connectivity index (χ3n) is 4.25. The molecule has 0 bridgehead atoms. The molecule has 19 heavy (non-hydrogen) atoms. The number of nitrogens with zero attached hydrogens (tertiary/aromatic N) is 1. The van der Waals surface area contributed by atoms with Crippen LogP contribution in [0.25, 0.3) is 0 Å². The summed E-state index contributed by atoms with van der Waals surface area (Å²) in [4.78, 5) is 14.5. The maximum absolute atomic E-state index is 12.3. The highest BCUT2D eigenvalue weighted by Crippen LogP contribution is 2.37. The fourth-order valence-corrected chi connectivity index (χ4v) is 3.44. The van der Waals surface area contributed by atoms with Gasteiger partial charge in [-0.2, -0.15) is 0 Å². The molecule has 2 fully saturated rings. The molecule has 4 heteroatoms. The van der Waals surface area contributed by atoms with E-state index in [1.807, 2.05) is 27.7 Å². The Labute approximate surface area is 116 Å². The second-order valence-corrected chi connectivity index (χ2v) is 7.19. The van der Waals surface area contributed by atoms with Crippen molar-refractivity contribution in [1.82, 2.24) is 4.90 Å². The molecule has 1 aliphatic carbocycles. The molecule has 1 N–H and O–H groups in total. The van der Waals surface area contributed by atoms with Gasteiger partial charge in [-0.05, 0) is 66.3 Å². The summed E-state index contributed by atoms with van der Waals surface area (Å²) in [6.45, 7) is 8.49. The summed E-state index contributed by atoms with van der Waals surface area (Å²) < 4.78 is 5.52. The topological polar surface area (TPSA) is 49.8 Å². The Hall–Kier alpha value is -0.610. The highest BCUT2D eigenvalue weighted by Gasteiger charge is 2.46. The highest BCUT2D eigenvalue weighted by molar-refractivity contribution is 5.76. The van der Waals surface area contributed by atoms with Gasteiger partial charge in [0.05, 0.1) is 5.60 Å². The molecule has 110 valence electrons. The lowest BCUT2D eigenvalue weighted by Gasteiger charge is -2.37. The first-order chi connectivity index (χ1) is 8.71. The van der Waals surface area contributed by atoms with Crippen LogP contribution in [0.15, 0.2) is 0 Å². The smallest absolute Gasteiger partial charge is 0.323 e. The zero-order valence-corrected chi connectivity index (χ0v) is 12.6. The van der Waals surface area contributed by atoms with Crippen molar-refractivity contribution in [1.29, 1.82) is 0 Å². The van der Waals surface area contributed by atoms with Crippen LogP contribution in [0.4, 0.5) is 0 Å². The van der Waals surface area contributed by atoms with E-state index in [1.54, 1.807) is 0 Å². The fourth-order valence-electron chi connectivity index (χ4n) is 3.44. The van der Waals surface area contributed by atoms with Crippen LogP contribution in [0, 0.1) is 0 Å². The first kappa shape index (κ1) is 14.8. The summed E-state index contributed by atoms with van der Waals surface area (Å²) in [5, 5.41) is 10.5. The lowest BCUT2D eigenvalue weighted by Crippen LogP contribution is -2.52. The van der Waals surface area contributed by atoms with Crippen LogP contribution < -0.4 is 0 Å². The zero-order valence-electron chi connectivity index (χ0n) is 12.6. The summed E-state index contributed by atoms with van der Waals surface area (Å²) in [5.74, 6) is -0.132. The van der Waals surface area contributed by atoms with Crippen molar-refractivity contribution in [2.45, 2.75) is 83.1 Å². The SMILES string of the molecule is CC(C)(C)OC(=O)[C@H]1CCCN1C1CCCC1(C)O. The predicted octanol–water partition coefficient (Wildman–Crippen LogP) is 2.10. The third-order valence-corrected chi connectivity index (χ3v) is 4.25. The molecular weight excluding hydrogens is 242 g/mol. The molecule has 3 atom stereocenters. The van der Waals surface area contributed by atoms with Gasteiger partial charge < -0.3 is 9.84 Å². The highest BCUT2D eigenvalue weighted by atomic mass is 16.6. The van der Waals surface area contributed by atoms with E-state index in [2.05, 4.69) is 4.90 Å². The first-order valence-electron chi connectivity index (χ1n) is 7.42. The Balaban J connectivity index is 2.07. The molecular formula is C15H27NO3. The van der Waals surface area contributed by atoms with Crippen LogP contribution in [-0.4, -0.2) is 45.8 Å². The molecule has 1 heterocycles. The molecule has 0 radical (unpaired) electrons. The Kier molecular flexibility index (Phi) is 3.94. The number of hydrogen-bond acceptors (Lipinski definition) is 4. The van der Waals surface area contributed by atoms with Crippen LogP contribution in [-0.2, 0) is 9.53 Å². The number of rotatable bonds is 2. The van der Waals surface area contributed by atoms with Crippen molar-refractivity contribution >= 4 is 5.97 Å². The maximum Gasteiger partial charge on any atom is 0.323 e. The van der Waals surface area contributed by atoms with Crippen molar-refractivity contribution in [3.8, 4) is 0 Å². The molecule has 0 aromatic carbocycles. The van der Waals surface area contributed by atoms with Gasteiger partial charge in [0.15, 0.2) is 0 Å². The third kappa shape index (κ3) is 3.29. The minimum Gasteiger partial charge on any atom is -0.459 e. The summed E-state index contributed by atoms with van der Waals surface area (Å²) >= 11 is 0. The zero-order chi connectivity index (χ0) is 14.3. The molecule has 0 spiro atoms. The van der Waals surface area contributed by atoms with E-state index >= 15 is 0 Å². The number of esters is 1. The minimum atomic E-state index is -0.662. The molecule has 2 aliphatic rings. The van der Waals surface area contributed by atoms with E-state index < -0.39 is 11.2 Å². The van der Waals surface area contributed by atoms with Crippen LogP contribution in [0.3, 0.4) is 0 Å². The van der Waals surface area contributed by atoms with Gasteiger partial charge in [0.25, 0.3) is 0 Å². The fraction of sp³-hybridized carbons (Fsp3) is 0.933. The predicted molar refractivity (Wildman–Crippen MR) is 73.8 cm³/mol. The molecule has 0 aromatic heterocycles. The van der Waals surface area contributed by atoms with Gasteiger partial charge in [0, 0.05) is 6.04 Å². The van der Waals surface area contributed by atoms with Crippen LogP contribution in [0.1, 0.15) is 59.8 Å². The summed E-state index contributed by atoms with van der Waals surface area (Å²) in [5.41, 5.74) is -1.10. The number of carbonyl (C=O) groups is 1. The molecule has 0 aromatic rings. The number of hydrogen-bond donors (Lipinski definition) is 1. The standard InChI is InChI=1S/C15H27NO3/c1-14(2,3)19-13(17)11-7-6-10-16(11)12-8-5-9-15(12,4)18/h11-12,18H,5-10H2,1-4H3/t11-,12?,15?/m1/s1. The van der Waals surface area contributed by atoms with Crippen LogP contribution in [0.2, 0.25) is 0 Å². The van der Waals surface area contributed by atoms with Crippen molar-refractivity contribution in [2.24, 2.45) is 0 Å². The van der Waals surface area contributed by atoms with Crippen molar-refractivity contribution in [3.63, 3.8) is 0 Å². The molecule has 0 amide bonds. The lowest BCUT2D eigenvalue weighted by molar-refractivity contribution is -0.162. The number of ether oxygens (including phenoxy) is 1. The van der Waals surface area contributed by atoms with Gasteiger partial charge in [-0.15, -0.1) is 0 Å². The summed E-state index contributed by atoms with van der Waals surface area (Å²) in [6.07, 6.45) is 4.70. The van der Waals surface area contributed by atoms with Gasteiger partial charge >= 0.3 is 5.97 Å². The molecule has 1 saturated heterocycles. The van der Waals surface area contributed by atoms with E-state index in [0.29, 0.717) is 0 Å². The normalized spacial score (nSPS) is 36.7. The van der Waals surface area contributed by atoms with E-state index in [0.717, 1.165) is 38.6 Å². The average molecular weight is 269 g/mol. The Bertz CT molecular complexity index is 346. The maximum atomic E-state index is 12.3. The molecule has 4 nitrogen and oxygen atoms in total. The van der Waals surface area contributed by atoms with Crippen LogP contribution >= 0.6 is 0 Å². The quantitative estimate of drug-likeness (QED) is 0.780. The molecule has 2 rings (SSSR count). The number of likely N-dealkylation sites (tertiary alicyclic amines) is 1. The Morgan fingerprint density at radius 1 is 1.32 bits per heavy atom. The number of aliphatic hydroxyl groups is 1. The van der Waals surface area contributed by atoms with Crippen molar-refractivity contribution < 1.29 is 14.6 Å². The van der Waals surface area contributed by atoms with E-state index in [1.165, 1.54) is 0 Å². The van der Waals surface area contributed by atoms with Gasteiger partial charge in [-0.25, -0.2) is 0 Å². The largest absolute Gasteiger partial charge is 0.459 e. The van der Waals surface area contributed by atoms with Gasteiger partial charge in [-0.1, -0.05) is 0 Å². The van der Waals surface area contributed by atoms with Crippen LogP contribution in [0.5, 0.6) is 0 Å². The second-order valence-electron chi connectivity index (χ2n) is 7.19. The van der Waals surface area contributed by atoms with E-state index in [4.69, 9.17) is 4.74 Å². The molecule has 2 unspecified atom stereocenters. The monoisotopic (exact) mass is 269 g/mol. The average Bonchev–Trinajstić information content (AvgIpc) is 2.80. The molecule has 1 aliphatic heterocycles. The van der Waals surface area contributed by atoms with Gasteiger partial charge in [0.1, 0.15) is 11.6 Å². The van der Waals surface area contributed by atoms with E-state index in [-0.39, 0.29) is 18.1 Å². The van der Waals surface area contributed by atoms with Gasteiger partial charge in [-0.3, -0.25) is 9.69 Å². The Morgan fingerprint density at radius 3 is 2.53 bits per heavy atom. The number of carbonyl (C=O) groups excluding carboxylic acids is 1. The summed E-state index contributed by atoms with van der Waals surface area (Å²) in [7, 11) is 0. The van der Waals surface area contributed by atoms with Gasteiger partial charge in [0.2, 0.25) is 0 Å². The summed E-state index contributed by atoms with van der Waals surface area (Å²) in [6, 6.07) is -0.0682. The first-order valence-corrected chi connectivity index (χ1v) is 7.42.